The molecule has 5 heteroatoms. The highest BCUT2D eigenvalue weighted by Crippen LogP contribution is 2.43. The first kappa shape index (κ1) is 25.0. The quantitative estimate of drug-likeness (QED) is 0.390. The number of nitrogens with zero attached hydrogens (tertiary/aromatic N) is 2. The Morgan fingerprint density at radius 3 is 2.61 bits per heavy atom. The number of aromatic amines is 1. The SMILES string of the molecule is CCC(CCC1c2[nH]c3ccccc3c2CCN1C(=O)C1CCCCC1)(c1cccc(F)c1)N(C)C. The molecule has 3 aromatic rings. The lowest BCUT2D eigenvalue weighted by Crippen LogP contribution is -2.46. The molecule has 1 amide bonds. The molecule has 2 heterocycles. The number of carbonyl (C=O) groups excluding carboxylic acids is 1. The molecule has 0 saturated heterocycles. The Balaban J connectivity index is 1.52. The highest BCUT2D eigenvalue weighted by molar-refractivity contribution is 5.86. The molecule has 2 atom stereocenters. The lowest BCUT2D eigenvalue weighted by Gasteiger charge is -2.44. The van der Waals surface area contributed by atoms with E-state index < -0.39 is 0 Å². The third kappa shape index (κ3) is 4.47. The van der Waals surface area contributed by atoms with Gasteiger partial charge in [0.15, 0.2) is 0 Å². The van der Waals surface area contributed by atoms with Gasteiger partial charge in [-0.1, -0.05) is 56.5 Å². The average molecular weight is 490 g/mol. The summed E-state index contributed by atoms with van der Waals surface area (Å²) in [7, 11) is 4.18. The van der Waals surface area contributed by atoms with Gasteiger partial charge in [0.2, 0.25) is 5.91 Å². The van der Waals surface area contributed by atoms with Crippen LogP contribution in [-0.2, 0) is 16.8 Å². The van der Waals surface area contributed by atoms with E-state index in [1.165, 1.54) is 29.1 Å². The molecule has 0 bridgehead atoms. The number of halogens is 1. The summed E-state index contributed by atoms with van der Waals surface area (Å²) >= 11 is 0. The van der Waals surface area contributed by atoms with Crippen molar-refractivity contribution >= 4 is 16.8 Å². The van der Waals surface area contributed by atoms with E-state index in [9.17, 15) is 9.18 Å². The Labute approximate surface area is 214 Å². The Morgan fingerprint density at radius 2 is 1.89 bits per heavy atom. The molecule has 4 nitrogen and oxygen atoms in total. The van der Waals surface area contributed by atoms with Gasteiger partial charge in [0.1, 0.15) is 5.82 Å². The molecule has 1 saturated carbocycles. The summed E-state index contributed by atoms with van der Waals surface area (Å²) in [4.78, 5) is 22.0. The topological polar surface area (TPSA) is 39.3 Å². The number of benzene rings is 2. The van der Waals surface area contributed by atoms with Crippen LogP contribution in [0.5, 0.6) is 0 Å². The third-order valence-electron chi connectivity index (χ3n) is 9.03. The van der Waals surface area contributed by atoms with Crippen molar-refractivity contribution in [2.24, 2.45) is 5.92 Å². The second-order valence-electron chi connectivity index (χ2n) is 11.0. The van der Waals surface area contributed by atoms with Crippen LogP contribution in [0, 0.1) is 11.7 Å². The molecule has 2 aliphatic rings. The molecule has 36 heavy (non-hydrogen) atoms. The molecular formula is C31H40FN3O. The van der Waals surface area contributed by atoms with Crippen LogP contribution >= 0.6 is 0 Å². The van der Waals surface area contributed by atoms with Gasteiger partial charge in [0, 0.05) is 34.6 Å². The van der Waals surface area contributed by atoms with Crippen molar-refractivity contribution in [1.82, 2.24) is 14.8 Å². The van der Waals surface area contributed by atoms with Crippen molar-refractivity contribution in [1.29, 1.82) is 0 Å². The number of amides is 1. The van der Waals surface area contributed by atoms with Gasteiger partial charge in [-0.25, -0.2) is 4.39 Å². The smallest absolute Gasteiger partial charge is 0.226 e. The van der Waals surface area contributed by atoms with Crippen molar-refractivity contribution in [3.8, 4) is 0 Å². The van der Waals surface area contributed by atoms with Crippen molar-refractivity contribution in [2.75, 3.05) is 20.6 Å². The first-order valence-corrected chi connectivity index (χ1v) is 13.8. The summed E-state index contributed by atoms with van der Waals surface area (Å²) in [5.74, 6) is 0.290. The second-order valence-corrected chi connectivity index (χ2v) is 11.0. The van der Waals surface area contributed by atoms with Crippen LogP contribution in [0.15, 0.2) is 48.5 Å². The van der Waals surface area contributed by atoms with E-state index in [-0.39, 0.29) is 23.3 Å². The maximum Gasteiger partial charge on any atom is 0.226 e. The Morgan fingerprint density at radius 1 is 1.11 bits per heavy atom. The number of aromatic nitrogens is 1. The lowest BCUT2D eigenvalue weighted by atomic mass is 9.79. The van der Waals surface area contributed by atoms with E-state index in [0.29, 0.717) is 5.91 Å². The molecule has 1 aromatic heterocycles. The zero-order chi connectivity index (χ0) is 25.3. The van der Waals surface area contributed by atoms with E-state index in [4.69, 9.17) is 0 Å². The van der Waals surface area contributed by atoms with E-state index >= 15 is 0 Å². The minimum Gasteiger partial charge on any atom is -0.356 e. The Kier molecular flexibility index (Phi) is 7.21. The van der Waals surface area contributed by atoms with Gasteiger partial charge in [-0.2, -0.15) is 0 Å². The molecule has 0 spiro atoms. The average Bonchev–Trinajstić information content (AvgIpc) is 3.28. The van der Waals surface area contributed by atoms with Crippen LogP contribution in [-0.4, -0.2) is 41.3 Å². The number of hydrogen-bond acceptors (Lipinski definition) is 2. The highest BCUT2D eigenvalue weighted by atomic mass is 19.1. The number of hydrogen-bond donors (Lipinski definition) is 1. The summed E-state index contributed by atoms with van der Waals surface area (Å²) in [6.07, 6.45) is 9.03. The minimum absolute atomic E-state index is 0.00927. The van der Waals surface area contributed by atoms with Crippen LogP contribution in [0.4, 0.5) is 4.39 Å². The molecule has 0 radical (unpaired) electrons. The van der Waals surface area contributed by atoms with Gasteiger partial charge < -0.3 is 9.88 Å². The maximum atomic E-state index is 14.3. The number of carbonyl (C=O) groups is 1. The Hall–Kier alpha value is -2.66. The minimum atomic E-state index is -0.300. The predicted octanol–water partition coefficient (Wildman–Crippen LogP) is 6.96. The maximum absolute atomic E-state index is 14.3. The first-order chi connectivity index (χ1) is 17.4. The predicted molar refractivity (Wildman–Crippen MR) is 144 cm³/mol. The number of fused-ring (bicyclic) bond motifs is 3. The van der Waals surface area contributed by atoms with E-state index in [2.05, 4.69) is 60.1 Å². The van der Waals surface area contributed by atoms with Crippen molar-refractivity contribution in [3.05, 3.63) is 71.2 Å². The van der Waals surface area contributed by atoms with E-state index in [0.717, 1.165) is 69.0 Å². The molecule has 2 unspecified atom stereocenters. The molecule has 2 aromatic carbocycles. The number of rotatable bonds is 7. The third-order valence-corrected chi connectivity index (χ3v) is 9.03. The fourth-order valence-electron chi connectivity index (χ4n) is 6.94. The zero-order valence-corrected chi connectivity index (χ0v) is 22.0. The monoisotopic (exact) mass is 489 g/mol. The van der Waals surface area contributed by atoms with Crippen molar-refractivity contribution in [2.45, 2.75) is 76.3 Å². The van der Waals surface area contributed by atoms with Crippen LogP contribution in [0.2, 0.25) is 0 Å². The van der Waals surface area contributed by atoms with Crippen LogP contribution in [0.25, 0.3) is 10.9 Å². The molecular weight excluding hydrogens is 449 g/mol. The van der Waals surface area contributed by atoms with Crippen molar-refractivity contribution in [3.63, 3.8) is 0 Å². The van der Waals surface area contributed by atoms with Gasteiger partial charge in [-0.05, 0) is 81.9 Å². The molecule has 1 aliphatic heterocycles. The molecule has 5 rings (SSSR count). The van der Waals surface area contributed by atoms with Gasteiger partial charge in [0.05, 0.1) is 6.04 Å². The van der Waals surface area contributed by atoms with Gasteiger partial charge in [-0.3, -0.25) is 9.69 Å². The van der Waals surface area contributed by atoms with Crippen LogP contribution < -0.4 is 0 Å². The first-order valence-electron chi connectivity index (χ1n) is 13.8. The summed E-state index contributed by atoms with van der Waals surface area (Å²) in [6, 6.07) is 15.6. The van der Waals surface area contributed by atoms with Crippen LogP contribution in [0.1, 0.15) is 81.2 Å². The van der Waals surface area contributed by atoms with Gasteiger partial charge >= 0.3 is 0 Å². The summed E-state index contributed by atoms with van der Waals surface area (Å²) in [5.41, 5.74) is 4.42. The fourth-order valence-corrected chi connectivity index (χ4v) is 6.94. The molecule has 1 N–H and O–H groups in total. The van der Waals surface area contributed by atoms with E-state index in [1.807, 2.05) is 12.1 Å². The fraction of sp³-hybridized carbons (Fsp3) is 0.516. The number of para-hydroxylation sites is 1. The summed E-state index contributed by atoms with van der Waals surface area (Å²) in [5, 5.41) is 1.28. The largest absolute Gasteiger partial charge is 0.356 e. The molecule has 1 aliphatic carbocycles. The van der Waals surface area contributed by atoms with Gasteiger partial charge in [-0.15, -0.1) is 0 Å². The Bertz CT molecular complexity index is 1210. The zero-order valence-electron chi connectivity index (χ0n) is 22.0. The lowest BCUT2D eigenvalue weighted by molar-refractivity contribution is -0.140. The number of nitrogens with one attached hydrogen (secondary N) is 1. The normalized spacial score (nSPS) is 20.5. The molecule has 192 valence electrons. The molecule has 1 fully saturated rings. The second kappa shape index (κ2) is 10.4. The highest BCUT2D eigenvalue weighted by Gasteiger charge is 2.40. The standard InChI is InChI=1S/C31H40FN3O/c1-4-31(34(2)3,23-13-10-14-24(32)21-23)19-17-28-29-26(25-15-8-9-16-27(25)33-29)18-20-35(28)30(36)22-11-6-5-7-12-22/h8-10,13-16,21-22,28,33H,4-7,11-12,17-20H2,1-3H3. The van der Waals surface area contributed by atoms with Crippen LogP contribution in [0.3, 0.4) is 0 Å². The summed E-state index contributed by atoms with van der Waals surface area (Å²) in [6.45, 7) is 2.96. The summed E-state index contributed by atoms with van der Waals surface area (Å²) < 4.78 is 14.3. The van der Waals surface area contributed by atoms with Gasteiger partial charge in [0.25, 0.3) is 0 Å². The van der Waals surface area contributed by atoms with E-state index in [1.54, 1.807) is 6.07 Å². The van der Waals surface area contributed by atoms with Crippen molar-refractivity contribution < 1.29 is 9.18 Å². The number of H-pyrrole nitrogens is 1.